The van der Waals surface area contributed by atoms with Crippen molar-refractivity contribution in [2.45, 2.75) is 18.8 Å². The van der Waals surface area contributed by atoms with Crippen LogP contribution < -0.4 is 5.32 Å². The first-order valence-electron chi connectivity index (χ1n) is 8.52. The predicted octanol–water partition coefficient (Wildman–Crippen LogP) is 3.91. The molecule has 25 heavy (non-hydrogen) atoms. The summed E-state index contributed by atoms with van der Waals surface area (Å²) in [5.74, 6) is 0.153. The third kappa shape index (κ3) is 4.11. The molecule has 2 heterocycles. The first-order valence-corrected chi connectivity index (χ1v) is 9.46. The number of amides is 1. The van der Waals surface area contributed by atoms with E-state index in [4.69, 9.17) is 4.74 Å². The Hall–Kier alpha value is -2.11. The van der Waals surface area contributed by atoms with Crippen molar-refractivity contribution in [2.75, 3.05) is 20.3 Å². The Morgan fingerprint density at radius 2 is 2.16 bits per heavy atom. The third-order valence-corrected chi connectivity index (χ3v) is 5.19. The number of fused-ring (bicyclic) bond motifs is 1. The van der Waals surface area contributed by atoms with Crippen LogP contribution in [0.2, 0.25) is 0 Å². The smallest absolute Gasteiger partial charge is 0.220 e. The number of carbonyl (C=O) groups excluding carboxylic acids is 1. The van der Waals surface area contributed by atoms with Crippen molar-refractivity contribution in [3.8, 4) is 0 Å². The van der Waals surface area contributed by atoms with Gasteiger partial charge in [0.1, 0.15) is 0 Å². The molecule has 1 aromatic carbocycles. The molecule has 0 saturated heterocycles. The normalized spacial score (nSPS) is 12.4. The number of para-hydroxylation sites is 1. The summed E-state index contributed by atoms with van der Waals surface area (Å²) < 4.78 is 7.17. The largest absolute Gasteiger partial charge is 0.385 e. The second-order valence-electron chi connectivity index (χ2n) is 6.22. The van der Waals surface area contributed by atoms with Crippen molar-refractivity contribution in [3.05, 3.63) is 58.4 Å². The molecule has 2 aromatic heterocycles. The van der Waals surface area contributed by atoms with Crippen molar-refractivity contribution < 1.29 is 9.53 Å². The average molecular weight is 356 g/mol. The van der Waals surface area contributed by atoms with Crippen LogP contribution in [0.3, 0.4) is 0 Å². The number of carbonyl (C=O) groups is 1. The van der Waals surface area contributed by atoms with Gasteiger partial charge in [0.25, 0.3) is 0 Å². The molecule has 0 aliphatic rings. The summed E-state index contributed by atoms with van der Waals surface area (Å²) in [5.41, 5.74) is 3.61. The van der Waals surface area contributed by atoms with Crippen LogP contribution in [0, 0.1) is 0 Å². The molecule has 1 N–H and O–H groups in total. The quantitative estimate of drug-likeness (QED) is 0.622. The van der Waals surface area contributed by atoms with Gasteiger partial charge in [-0.05, 0) is 40.4 Å². The van der Waals surface area contributed by atoms with Crippen LogP contribution in [0.4, 0.5) is 0 Å². The van der Waals surface area contributed by atoms with Crippen LogP contribution in [-0.4, -0.2) is 30.7 Å². The molecule has 1 atom stereocenters. The molecule has 0 saturated carbocycles. The zero-order valence-corrected chi connectivity index (χ0v) is 15.5. The van der Waals surface area contributed by atoms with Gasteiger partial charge in [-0.1, -0.05) is 18.2 Å². The zero-order valence-electron chi connectivity index (χ0n) is 14.7. The lowest BCUT2D eigenvalue weighted by atomic mass is 9.89. The molecule has 0 radical (unpaired) electrons. The maximum Gasteiger partial charge on any atom is 0.220 e. The lowest BCUT2D eigenvalue weighted by Crippen LogP contribution is -2.26. The Labute approximate surface area is 152 Å². The van der Waals surface area contributed by atoms with Gasteiger partial charge in [-0.3, -0.25) is 4.79 Å². The highest BCUT2D eigenvalue weighted by Crippen LogP contribution is 2.35. The summed E-state index contributed by atoms with van der Waals surface area (Å²) in [6.07, 6.45) is 3.45. The molecule has 132 valence electrons. The minimum atomic E-state index is 0.0692. The van der Waals surface area contributed by atoms with E-state index in [2.05, 4.69) is 58.2 Å². The minimum Gasteiger partial charge on any atom is -0.385 e. The van der Waals surface area contributed by atoms with E-state index in [0.717, 1.165) is 6.42 Å². The van der Waals surface area contributed by atoms with Gasteiger partial charge < -0.3 is 14.6 Å². The molecule has 0 aliphatic heterocycles. The monoisotopic (exact) mass is 356 g/mol. The van der Waals surface area contributed by atoms with Gasteiger partial charge in [-0.2, -0.15) is 11.3 Å². The number of methoxy groups -OCH3 is 1. The number of rotatable bonds is 8. The average Bonchev–Trinajstić information content (AvgIpc) is 3.26. The predicted molar refractivity (Wildman–Crippen MR) is 103 cm³/mol. The Bertz CT molecular complexity index is 823. The Kier molecular flexibility index (Phi) is 5.89. The molecule has 1 amide bonds. The summed E-state index contributed by atoms with van der Waals surface area (Å²) in [6.45, 7) is 1.32. The number of thiophene rings is 1. The van der Waals surface area contributed by atoms with E-state index in [1.807, 2.05) is 6.07 Å². The topological polar surface area (TPSA) is 43.3 Å². The summed E-state index contributed by atoms with van der Waals surface area (Å²) in [7, 11) is 3.73. The van der Waals surface area contributed by atoms with Gasteiger partial charge in [-0.25, -0.2) is 0 Å². The van der Waals surface area contributed by atoms with Gasteiger partial charge in [0, 0.05) is 56.7 Å². The minimum absolute atomic E-state index is 0.0692. The number of hydrogen-bond acceptors (Lipinski definition) is 3. The number of aromatic nitrogens is 1. The highest BCUT2D eigenvalue weighted by Gasteiger charge is 2.22. The number of hydrogen-bond donors (Lipinski definition) is 1. The second-order valence-corrected chi connectivity index (χ2v) is 7.00. The van der Waals surface area contributed by atoms with Gasteiger partial charge in [0.05, 0.1) is 0 Å². The van der Waals surface area contributed by atoms with E-state index in [0.29, 0.717) is 19.6 Å². The fourth-order valence-electron chi connectivity index (χ4n) is 3.23. The Morgan fingerprint density at radius 3 is 2.92 bits per heavy atom. The molecule has 5 heteroatoms. The van der Waals surface area contributed by atoms with Crippen LogP contribution in [0.1, 0.15) is 29.9 Å². The van der Waals surface area contributed by atoms with Crippen molar-refractivity contribution in [2.24, 2.45) is 7.05 Å². The molecule has 1 unspecified atom stereocenters. The van der Waals surface area contributed by atoms with Crippen molar-refractivity contribution in [1.29, 1.82) is 0 Å². The Morgan fingerprint density at radius 1 is 1.32 bits per heavy atom. The zero-order chi connectivity index (χ0) is 17.6. The van der Waals surface area contributed by atoms with Crippen LogP contribution in [0.25, 0.3) is 10.9 Å². The molecular formula is C20H24N2O2S. The van der Waals surface area contributed by atoms with Gasteiger partial charge in [-0.15, -0.1) is 0 Å². The van der Waals surface area contributed by atoms with Gasteiger partial charge >= 0.3 is 0 Å². The van der Waals surface area contributed by atoms with E-state index < -0.39 is 0 Å². The molecule has 3 aromatic rings. The number of aryl methyl sites for hydroxylation is 1. The van der Waals surface area contributed by atoms with Crippen LogP contribution in [0.15, 0.2) is 47.3 Å². The molecule has 0 fully saturated rings. The van der Waals surface area contributed by atoms with E-state index in [-0.39, 0.29) is 11.8 Å². The molecule has 0 aliphatic carbocycles. The second kappa shape index (κ2) is 8.32. The fraction of sp³-hybridized carbons (Fsp3) is 0.350. The maximum absolute atomic E-state index is 12.5. The van der Waals surface area contributed by atoms with Crippen LogP contribution >= 0.6 is 11.3 Å². The maximum atomic E-state index is 12.5. The lowest BCUT2D eigenvalue weighted by Gasteiger charge is -2.15. The van der Waals surface area contributed by atoms with E-state index in [9.17, 15) is 4.79 Å². The number of benzene rings is 1. The van der Waals surface area contributed by atoms with Crippen LogP contribution in [0.5, 0.6) is 0 Å². The van der Waals surface area contributed by atoms with E-state index in [1.165, 1.54) is 22.0 Å². The number of nitrogens with zero attached hydrogens (tertiary/aromatic N) is 1. The van der Waals surface area contributed by atoms with Gasteiger partial charge in [0.2, 0.25) is 5.91 Å². The molecular weight excluding hydrogens is 332 g/mol. The number of ether oxygens (including phenoxy) is 1. The fourth-order valence-corrected chi connectivity index (χ4v) is 3.95. The third-order valence-electron chi connectivity index (χ3n) is 4.49. The summed E-state index contributed by atoms with van der Waals surface area (Å²) in [6, 6.07) is 10.5. The summed E-state index contributed by atoms with van der Waals surface area (Å²) >= 11 is 1.67. The first kappa shape index (κ1) is 17.7. The SMILES string of the molecule is COCCCNC(=O)CC(c1ccsc1)c1cn(C)c2ccccc12. The van der Waals surface area contributed by atoms with E-state index in [1.54, 1.807) is 18.4 Å². The van der Waals surface area contributed by atoms with E-state index >= 15 is 0 Å². The number of nitrogens with one attached hydrogen (secondary N) is 1. The molecule has 4 nitrogen and oxygen atoms in total. The van der Waals surface area contributed by atoms with Crippen molar-refractivity contribution in [3.63, 3.8) is 0 Å². The first-order chi connectivity index (χ1) is 12.2. The van der Waals surface area contributed by atoms with Crippen molar-refractivity contribution in [1.82, 2.24) is 9.88 Å². The molecule has 0 bridgehead atoms. The summed E-state index contributed by atoms with van der Waals surface area (Å²) in [4.78, 5) is 12.5. The van der Waals surface area contributed by atoms with Crippen LogP contribution in [-0.2, 0) is 16.6 Å². The highest BCUT2D eigenvalue weighted by molar-refractivity contribution is 7.08. The summed E-state index contributed by atoms with van der Waals surface area (Å²) in [5, 5.41) is 8.45. The molecule has 0 spiro atoms. The van der Waals surface area contributed by atoms with Crippen molar-refractivity contribution >= 4 is 28.1 Å². The highest BCUT2D eigenvalue weighted by atomic mass is 32.1. The van der Waals surface area contributed by atoms with Gasteiger partial charge in [0.15, 0.2) is 0 Å². The lowest BCUT2D eigenvalue weighted by molar-refractivity contribution is -0.121. The molecule has 3 rings (SSSR count). The standard InChI is InChI=1S/C20H24N2O2S/c1-22-13-18(16-6-3-4-7-19(16)22)17(15-8-11-25-14-15)12-20(23)21-9-5-10-24-2/h3-4,6-8,11,13-14,17H,5,9-10,12H2,1-2H3,(H,21,23). The Balaban J connectivity index is 1.84.